The Bertz CT molecular complexity index is 133. The summed E-state index contributed by atoms with van der Waals surface area (Å²) < 4.78 is 5.66. The highest BCUT2D eigenvalue weighted by atomic mass is 16.5. The number of hydrogen-bond acceptors (Lipinski definition) is 3. The lowest BCUT2D eigenvalue weighted by molar-refractivity contribution is 0.00237. The van der Waals surface area contributed by atoms with Crippen LogP contribution in [0.3, 0.4) is 0 Å². The van der Waals surface area contributed by atoms with Gasteiger partial charge in [0.15, 0.2) is 0 Å². The predicted octanol–water partition coefficient (Wildman–Crippen LogP) is 1.26. The average Bonchev–Trinajstić information content (AvgIpc) is 2.21. The fourth-order valence-electron chi connectivity index (χ4n) is 1.93. The maximum absolute atomic E-state index is 8.62. The normalized spacial score (nSPS) is 20.1. The van der Waals surface area contributed by atoms with E-state index >= 15 is 0 Å². The minimum Gasteiger partial charge on any atom is -0.396 e. The predicted molar refractivity (Wildman–Crippen MR) is 57.4 cm³/mol. The number of rotatable bonds is 6. The molecule has 0 bridgehead atoms. The van der Waals surface area contributed by atoms with Gasteiger partial charge in [0.25, 0.3) is 0 Å². The molecule has 0 spiro atoms. The zero-order valence-corrected chi connectivity index (χ0v) is 9.24. The van der Waals surface area contributed by atoms with Crippen molar-refractivity contribution in [2.24, 2.45) is 0 Å². The van der Waals surface area contributed by atoms with Crippen LogP contribution in [0.25, 0.3) is 0 Å². The van der Waals surface area contributed by atoms with Crippen LogP contribution in [0.1, 0.15) is 32.6 Å². The van der Waals surface area contributed by atoms with E-state index in [-0.39, 0.29) is 6.61 Å². The summed E-state index contributed by atoms with van der Waals surface area (Å²) >= 11 is 0. The molecule has 1 heterocycles. The van der Waals surface area contributed by atoms with Gasteiger partial charge in [0.1, 0.15) is 0 Å². The summed E-state index contributed by atoms with van der Waals surface area (Å²) in [5.74, 6) is 0. The number of piperidine rings is 1. The number of aliphatic hydroxyl groups excluding tert-OH is 1. The zero-order valence-electron chi connectivity index (χ0n) is 9.24. The van der Waals surface area contributed by atoms with Crippen molar-refractivity contribution in [2.75, 3.05) is 32.8 Å². The second-order valence-corrected chi connectivity index (χ2v) is 3.99. The highest BCUT2D eigenvalue weighted by Gasteiger charge is 2.18. The molecule has 84 valence electrons. The van der Waals surface area contributed by atoms with Gasteiger partial charge in [-0.3, -0.25) is 0 Å². The Morgan fingerprint density at radius 3 is 2.64 bits per heavy atom. The molecule has 0 aliphatic carbocycles. The minimum absolute atomic E-state index is 0.245. The van der Waals surface area contributed by atoms with E-state index in [9.17, 15) is 0 Å². The fraction of sp³-hybridized carbons (Fsp3) is 1.00. The molecule has 1 aliphatic rings. The zero-order chi connectivity index (χ0) is 10.2. The molecule has 1 fully saturated rings. The molecule has 0 unspecified atom stereocenters. The van der Waals surface area contributed by atoms with Crippen molar-refractivity contribution in [1.29, 1.82) is 0 Å². The molecule has 0 radical (unpaired) electrons. The van der Waals surface area contributed by atoms with Crippen LogP contribution in [-0.4, -0.2) is 49.0 Å². The first-order valence-electron chi connectivity index (χ1n) is 5.81. The molecular weight excluding hydrogens is 178 g/mol. The van der Waals surface area contributed by atoms with E-state index in [1.807, 2.05) is 0 Å². The van der Waals surface area contributed by atoms with Crippen LogP contribution in [-0.2, 0) is 4.74 Å². The lowest BCUT2D eigenvalue weighted by Gasteiger charge is -2.31. The first-order valence-corrected chi connectivity index (χ1v) is 5.81. The SMILES string of the molecule is CCCN1CCC(OCCCO)CC1. The second kappa shape index (κ2) is 7.21. The Morgan fingerprint density at radius 1 is 1.36 bits per heavy atom. The summed E-state index contributed by atoms with van der Waals surface area (Å²) in [6, 6.07) is 0. The molecule has 0 aromatic heterocycles. The summed E-state index contributed by atoms with van der Waals surface area (Å²) in [6.07, 6.45) is 4.77. The van der Waals surface area contributed by atoms with Gasteiger partial charge >= 0.3 is 0 Å². The summed E-state index contributed by atoms with van der Waals surface area (Å²) in [5, 5.41) is 8.62. The van der Waals surface area contributed by atoms with Crippen LogP contribution in [0.15, 0.2) is 0 Å². The van der Waals surface area contributed by atoms with Crippen molar-refractivity contribution in [3.05, 3.63) is 0 Å². The lowest BCUT2D eigenvalue weighted by atomic mass is 10.1. The highest BCUT2D eigenvalue weighted by molar-refractivity contribution is 4.71. The molecule has 0 aromatic carbocycles. The van der Waals surface area contributed by atoms with Gasteiger partial charge in [-0.2, -0.15) is 0 Å². The molecule has 0 amide bonds. The Labute approximate surface area is 87.1 Å². The Kier molecular flexibility index (Phi) is 6.15. The third-order valence-electron chi connectivity index (χ3n) is 2.73. The molecule has 1 N–H and O–H groups in total. The van der Waals surface area contributed by atoms with Crippen molar-refractivity contribution in [3.63, 3.8) is 0 Å². The second-order valence-electron chi connectivity index (χ2n) is 3.99. The van der Waals surface area contributed by atoms with Crippen LogP contribution >= 0.6 is 0 Å². The molecule has 1 saturated heterocycles. The molecule has 3 nitrogen and oxygen atoms in total. The van der Waals surface area contributed by atoms with Crippen molar-refractivity contribution in [2.45, 2.75) is 38.7 Å². The molecule has 3 heteroatoms. The topological polar surface area (TPSA) is 32.7 Å². The van der Waals surface area contributed by atoms with Gasteiger partial charge in [0.05, 0.1) is 6.10 Å². The first-order chi connectivity index (χ1) is 6.86. The largest absolute Gasteiger partial charge is 0.396 e. The lowest BCUT2D eigenvalue weighted by Crippen LogP contribution is -2.37. The summed E-state index contributed by atoms with van der Waals surface area (Å²) in [6.45, 7) is 6.77. The van der Waals surface area contributed by atoms with E-state index in [2.05, 4.69) is 11.8 Å². The molecule has 0 atom stereocenters. The maximum atomic E-state index is 8.62. The minimum atomic E-state index is 0.245. The van der Waals surface area contributed by atoms with E-state index < -0.39 is 0 Å². The van der Waals surface area contributed by atoms with E-state index in [1.165, 1.54) is 26.1 Å². The number of likely N-dealkylation sites (tertiary alicyclic amines) is 1. The number of aliphatic hydroxyl groups is 1. The van der Waals surface area contributed by atoms with E-state index in [4.69, 9.17) is 9.84 Å². The molecule has 0 saturated carbocycles. The summed E-state index contributed by atoms with van der Waals surface area (Å²) in [5.41, 5.74) is 0. The number of nitrogens with zero attached hydrogens (tertiary/aromatic N) is 1. The summed E-state index contributed by atoms with van der Waals surface area (Å²) in [4.78, 5) is 2.51. The number of ether oxygens (including phenoxy) is 1. The molecule has 1 aliphatic heterocycles. The van der Waals surface area contributed by atoms with Crippen molar-refractivity contribution < 1.29 is 9.84 Å². The van der Waals surface area contributed by atoms with Crippen LogP contribution in [0.4, 0.5) is 0 Å². The van der Waals surface area contributed by atoms with Gasteiger partial charge in [0.2, 0.25) is 0 Å². The monoisotopic (exact) mass is 201 g/mol. The van der Waals surface area contributed by atoms with Crippen molar-refractivity contribution in [1.82, 2.24) is 4.90 Å². The van der Waals surface area contributed by atoms with Gasteiger partial charge in [-0.1, -0.05) is 6.92 Å². The third-order valence-corrected chi connectivity index (χ3v) is 2.73. The Morgan fingerprint density at radius 2 is 2.07 bits per heavy atom. The molecule has 0 aromatic rings. The van der Waals surface area contributed by atoms with Crippen LogP contribution < -0.4 is 0 Å². The molecule has 14 heavy (non-hydrogen) atoms. The highest BCUT2D eigenvalue weighted by Crippen LogP contribution is 2.13. The first kappa shape index (κ1) is 12.0. The van der Waals surface area contributed by atoms with Crippen LogP contribution in [0.5, 0.6) is 0 Å². The van der Waals surface area contributed by atoms with E-state index in [0.717, 1.165) is 25.9 Å². The van der Waals surface area contributed by atoms with Gasteiger partial charge in [-0.15, -0.1) is 0 Å². The van der Waals surface area contributed by atoms with Gasteiger partial charge in [0, 0.05) is 26.3 Å². The fourth-order valence-corrected chi connectivity index (χ4v) is 1.93. The standard InChI is InChI=1S/C11H23NO2/c1-2-6-12-7-4-11(5-8-12)14-10-3-9-13/h11,13H,2-10H2,1H3. The van der Waals surface area contributed by atoms with Crippen molar-refractivity contribution in [3.8, 4) is 0 Å². The van der Waals surface area contributed by atoms with Crippen LogP contribution in [0, 0.1) is 0 Å². The Balaban J connectivity index is 2.03. The van der Waals surface area contributed by atoms with Gasteiger partial charge in [-0.05, 0) is 32.2 Å². The summed E-state index contributed by atoms with van der Waals surface area (Å²) in [7, 11) is 0. The van der Waals surface area contributed by atoms with E-state index in [1.54, 1.807) is 0 Å². The number of hydrogen-bond donors (Lipinski definition) is 1. The molecule has 1 rings (SSSR count). The quantitative estimate of drug-likeness (QED) is 0.657. The Hall–Kier alpha value is -0.120. The van der Waals surface area contributed by atoms with Crippen molar-refractivity contribution >= 4 is 0 Å². The maximum Gasteiger partial charge on any atom is 0.0599 e. The van der Waals surface area contributed by atoms with E-state index in [0.29, 0.717) is 6.10 Å². The average molecular weight is 201 g/mol. The van der Waals surface area contributed by atoms with Crippen LogP contribution in [0.2, 0.25) is 0 Å². The van der Waals surface area contributed by atoms with Gasteiger partial charge in [-0.25, -0.2) is 0 Å². The third kappa shape index (κ3) is 4.40. The smallest absolute Gasteiger partial charge is 0.0599 e. The molecular formula is C11H23NO2. The van der Waals surface area contributed by atoms with Gasteiger partial charge < -0.3 is 14.7 Å².